The second-order valence-electron chi connectivity index (χ2n) is 6.45. The van der Waals surface area contributed by atoms with Crippen LogP contribution in [0.15, 0.2) is 48.5 Å². The van der Waals surface area contributed by atoms with Crippen molar-refractivity contribution >= 4 is 17.3 Å². The molecule has 1 fully saturated rings. The molecular formula is C20H23N3O3. The molecule has 6 heteroatoms. The number of nitrogens with zero attached hydrogens (tertiary/aromatic N) is 2. The van der Waals surface area contributed by atoms with Crippen LogP contribution in [0.2, 0.25) is 0 Å². The molecule has 2 aliphatic rings. The summed E-state index contributed by atoms with van der Waals surface area (Å²) in [5, 5.41) is 3.29. The van der Waals surface area contributed by atoms with Crippen LogP contribution in [-0.2, 0) is 4.79 Å². The lowest BCUT2D eigenvalue weighted by atomic mass is 10.2. The molecule has 1 N–H and O–H groups in total. The van der Waals surface area contributed by atoms with E-state index in [1.54, 1.807) is 0 Å². The predicted octanol–water partition coefficient (Wildman–Crippen LogP) is 2.57. The number of rotatable bonds is 5. The zero-order chi connectivity index (χ0) is 17.8. The number of amides is 1. The van der Waals surface area contributed by atoms with Crippen molar-refractivity contribution in [2.24, 2.45) is 0 Å². The standard InChI is InChI=1S/C20H23N3O3/c24-20(8-9-21-16-6-7-18-19(14-16)26-15-25-18)23-12-10-22(11-13-23)17-4-2-1-3-5-17/h1-7,14,21H,8-13,15H2. The average Bonchev–Trinajstić information content (AvgIpc) is 3.16. The van der Waals surface area contributed by atoms with Gasteiger partial charge in [-0.25, -0.2) is 0 Å². The topological polar surface area (TPSA) is 54.0 Å². The van der Waals surface area contributed by atoms with Crippen LogP contribution >= 0.6 is 0 Å². The van der Waals surface area contributed by atoms with Crippen molar-refractivity contribution in [2.45, 2.75) is 6.42 Å². The summed E-state index contributed by atoms with van der Waals surface area (Å²) < 4.78 is 10.7. The van der Waals surface area contributed by atoms with E-state index in [0.29, 0.717) is 13.0 Å². The normalized spacial score (nSPS) is 15.8. The molecule has 0 saturated carbocycles. The van der Waals surface area contributed by atoms with Gasteiger partial charge in [0.2, 0.25) is 12.7 Å². The molecule has 0 spiro atoms. The number of carbonyl (C=O) groups is 1. The van der Waals surface area contributed by atoms with Crippen LogP contribution < -0.4 is 19.7 Å². The zero-order valence-electron chi connectivity index (χ0n) is 14.7. The van der Waals surface area contributed by atoms with Crippen LogP contribution in [0.5, 0.6) is 11.5 Å². The van der Waals surface area contributed by atoms with E-state index in [2.05, 4.69) is 34.5 Å². The minimum atomic E-state index is 0.200. The number of nitrogens with one attached hydrogen (secondary N) is 1. The molecule has 0 atom stereocenters. The molecule has 1 amide bonds. The first kappa shape index (κ1) is 16.6. The van der Waals surface area contributed by atoms with Gasteiger partial charge in [-0.1, -0.05) is 18.2 Å². The lowest BCUT2D eigenvalue weighted by molar-refractivity contribution is -0.131. The lowest BCUT2D eigenvalue weighted by Crippen LogP contribution is -2.49. The van der Waals surface area contributed by atoms with Gasteiger partial charge in [-0.05, 0) is 24.3 Å². The van der Waals surface area contributed by atoms with Gasteiger partial charge in [-0.3, -0.25) is 4.79 Å². The summed E-state index contributed by atoms with van der Waals surface area (Å²) >= 11 is 0. The van der Waals surface area contributed by atoms with Crippen LogP contribution in [-0.4, -0.2) is 50.3 Å². The third-order valence-corrected chi connectivity index (χ3v) is 4.79. The fourth-order valence-corrected chi connectivity index (χ4v) is 3.33. The van der Waals surface area contributed by atoms with Crippen molar-refractivity contribution in [3.05, 3.63) is 48.5 Å². The van der Waals surface area contributed by atoms with Crippen molar-refractivity contribution in [1.29, 1.82) is 0 Å². The Morgan fingerprint density at radius 2 is 1.73 bits per heavy atom. The van der Waals surface area contributed by atoms with Gasteiger partial charge in [0.15, 0.2) is 11.5 Å². The number of para-hydroxylation sites is 1. The molecule has 2 aromatic rings. The summed E-state index contributed by atoms with van der Waals surface area (Å²) in [4.78, 5) is 16.7. The third-order valence-electron chi connectivity index (χ3n) is 4.79. The van der Waals surface area contributed by atoms with Crippen LogP contribution in [0.25, 0.3) is 0 Å². The fraction of sp³-hybridized carbons (Fsp3) is 0.350. The Morgan fingerprint density at radius 3 is 2.54 bits per heavy atom. The first-order valence-corrected chi connectivity index (χ1v) is 9.01. The number of hydrogen-bond acceptors (Lipinski definition) is 5. The molecule has 0 unspecified atom stereocenters. The Morgan fingerprint density at radius 1 is 0.962 bits per heavy atom. The lowest BCUT2D eigenvalue weighted by Gasteiger charge is -2.36. The molecule has 26 heavy (non-hydrogen) atoms. The van der Waals surface area contributed by atoms with E-state index >= 15 is 0 Å². The molecular weight excluding hydrogens is 330 g/mol. The highest BCUT2D eigenvalue weighted by atomic mass is 16.7. The minimum Gasteiger partial charge on any atom is -0.454 e. The van der Waals surface area contributed by atoms with Crippen LogP contribution in [0.3, 0.4) is 0 Å². The molecule has 2 aliphatic heterocycles. The predicted molar refractivity (Wildman–Crippen MR) is 101 cm³/mol. The van der Waals surface area contributed by atoms with Crippen molar-refractivity contribution in [3.8, 4) is 11.5 Å². The molecule has 0 radical (unpaired) electrons. The maximum absolute atomic E-state index is 12.4. The van der Waals surface area contributed by atoms with Gasteiger partial charge in [0, 0.05) is 56.6 Å². The molecule has 2 aromatic carbocycles. The number of carbonyl (C=O) groups excluding carboxylic acids is 1. The minimum absolute atomic E-state index is 0.200. The number of fused-ring (bicyclic) bond motifs is 1. The fourth-order valence-electron chi connectivity index (χ4n) is 3.33. The van der Waals surface area contributed by atoms with Crippen LogP contribution in [0.4, 0.5) is 11.4 Å². The Hall–Kier alpha value is -2.89. The van der Waals surface area contributed by atoms with Crippen molar-refractivity contribution < 1.29 is 14.3 Å². The van der Waals surface area contributed by atoms with Gasteiger partial charge < -0.3 is 24.6 Å². The molecule has 0 aliphatic carbocycles. The molecule has 0 bridgehead atoms. The summed E-state index contributed by atoms with van der Waals surface area (Å²) in [5.41, 5.74) is 2.17. The summed E-state index contributed by atoms with van der Waals surface area (Å²) in [7, 11) is 0. The van der Waals surface area contributed by atoms with Crippen molar-refractivity contribution in [3.63, 3.8) is 0 Å². The first-order valence-electron chi connectivity index (χ1n) is 9.01. The van der Waals surface area contributed by atoms with E-state index in [-0.39, 0.29) is 12.7 Å². The van der Waals surface area contributed by atoms with E-state index in [0.717, 1.165) is 43.4 Å². The molecule has 2 heterocycles. The van der Waals surface area contributed by atoms with Crippen LogP contribution in [0, 0.1) is 0 Å². The van der Waals surface area contributed by atoms with Gasteiger partial charge in [0.05, 0.1) is 0 Å². The van der Waals surface area contributed by atoms with Gasteiger partial charge in [-0.2, -0.15) is 0 Å². The Bertz CT molecular complexity index is 758. The number of piperazine rings is 1. The number of benzene rings is 2. The molecule has 136 valence electrons. The van der Waals surface area contributed by atoms with E-state index in [9.17, 15) is 4.79 Å². The van der Waals surface area contributed by atoms with Gasteiger partial charge in [0.25, 0.3) is 0 Å². The van der Waals surface area contributed by atoms with Gasteiger partial charge >= 0.3 is 0 Å². The van der Waals surface area contributed by atoms with Crippen molar-refractivity contribution in [2.75, 3.05) is 49.7 Å². The first-order chi connectivity index (χ1) is 12.8. The van der Waals surface area contributed by atoms with Crippen LogP contribution in [0.1, 0.15) is 6.42 Å². The number of anilines is 2. The maximum Gasteiger partial charge on any atom is 0.231 e. The zero-order valence-corrected chi connectivity index (χ0v) is 14.7. The summed E-state index contributed by atoms with van der Waals surface area (Å²) in [5.74, 6) is 1.72. The third kappa shape index (κ3) is 3.69. The molecule has 6 nitrogen and oxygen atoms in total. The average molecular weight is 353 g/mol. The monoisotopic (exact) mass is 353 g/mol. The maximum atomic E-state index is 12.4. The van der Waals surface area contributed by atoms with Gasteiger partial charge in [-0.15, -0.1) is 0 Å². The van der Waals surface area contributed by atoms with E-state index in [4.69, 9.17) is 9.47 Å². The van der Waals surface area contributed by atoms with Crippen molar-refractivity contribution in [1.82, 2.24) is 4.90 Å². The smallest absolute Gasteiger partial charge is 0.231 e. The second-order valence-corrected chi connectivity index (χ2v) is 6.45. The van der Waals surface area contributed by atoms with E-state index in [1.165, 1.54) is 5.69 Å². The number of hydrogen-bond donors (Lipinski definition) is 1. The molecule has 0 aromatic heterocycles. The SMILES string of the molecule is O=C(CCNc1ccc2c(c1)OCO2)N1CCN(c2ccccc2)CC1. The van der Waals surface area contributed by atoms with Gasteiger partial charge in [0.1, 0.15) is 0 Å². The number of ether oxygens (including phenoxy) is 2. The summed E-state index contributed by atoms with van der Waals surface area (Å²) in [6.07, 6.45) is 0.486. The summed E-state index contributed by atoms with van der Waals surface area (Å²) in [6.45, 7) is 4.19. The highest BCUT2D eigenvalue weighted by molar-refractivity contribution is 5.77. The summed E-state index contributed by atoms with van der Waals surface area (Å²) in [6, 6.07) is 16.1. The molecule has 4 rings (SSSR count). The highest BCUT2D eigenvalue weighted by Gasteiger charge is 2.21. The Balaban J connectivity index is 1.22. The largest absolute Gasteiger partial charge is 0.454 e. The quantitative estimate of drug-likeness (QED) is 0.895. The van der Waals surface area contributed by atoms with E-state index in [1.807, 2.05) is 29.2 Å². The Kier molecular flexibility index (Phi) is 4.82. The highest BCUT2D eigenvalue weighted by Crippen LogP contribution is 2.34. The molecule has 1 saturated heterocycles. The van der Waals surface area contributed by atoms with E-state index < -0.39 is 0 Å². The Labute approximate surface area is 153 Å². The second kappa shape index (κ2) is 7.56.